The Morgan fingerprint density at radius 1 is 1.41 bits per heavy atom. The van der Waals surface area contributed by atoms with E-state index in [1.165, 1.54) is 12.3 Å². The van der Waals surface area contributed by atoms with E-state index in [-0.39, 0.29) is 5.82 Å². The SMILES string of the molecule is Nc1[nH]ncc1-c1c(F)ccc2c1OCCC2. The van der Waals surface area contributed by atoms with Gasteiger partial charge in [0, 0.05) is 0 Å². The molecule has 0 atom stereocenters. The number of aromatic amines is 1. The van der Waals surface area contributed by atoms with Crippen LogP contribution in [0.5, 0.6) is 5.75 Å². The highest BCUT2D eigenvalue weighted by molar-refractivity contribution is 5.79. The van der Waals surface area contributed by atoms with E-state index in [9.17, 15) is 4.39 Å². The number of hydrogen-bond acceptors (Lipinski definition) is 3. The third-order valence-electron chi connectivity index (χ3n) is 2.96. The summed E-state index contributed by atoms with van der Waals surface area (Å²) >= 11 is 0. The molecule has 0 bridgehead atoms. The summed E-state index contributed by atoms with van der Waals surface area (Å²) in [5, 5.41) is 6.42. The molecule has 1 aliphatic heterocycles. The van der Waals surface area contributed by atoms with Crippen LogP contribution >= 0.6 is 0 Å². The minimum atomic E-state index is -0.334. The molecule has 0 amide bonds. The van der Waals surface area contributed by atoms with Gasteiger partial charge in [0.25, 0.3) is 0 Å². The van der Waals surface area contributed by atoms with Crippen LogP contribution in [0, 0.1) is 5.82 Å². The van der Waals surface area contributed by atoms with Crippen molar-refractivity contribution in [3.05, 3.63) is 29.7 Å². The van der Waals surface area contributed by atoms with Gasteiger partial charge in [-0.3, -0.25) is 5.10 Å². The topological polar surface area (TPSA) is 63.9 Å². The minimum Gasteiger partial charge on any atom is -0.493 e. The number of nitrogen functional groups attached to an aromatic ring is 1. The molecule has 1 aliphatic rings. The van der Waals surface area contributed by atoms with E-state index >= 15 is 0 Å². The van der Waals surface area contributed by atoms with Crippen LogP contribution in [-0.2, 0) is 6.42 Å². The van der Waals surface area contributed by atoms with Gasteiger partial charge in [0.15, 0.2) is 0 Å². The lowest BCUT2D eigenvalue weighted by molar-refractivity contribution is 0.288. The predicted molar refractivity (Wildman–Crippen MR) is 62.2 cm³/mol. The maximum atomic E-state index is 13.9. The number of ether oxygens (including phenoxy) is 1. The van der Waals surface area contributed by atoms with Gasteiger partial charge in [0.1, 0.15) is 17.4 Å². The summed E-state index contributed by atoms with van der Waals surface area (Å²) in [4.78, 5) is 0. The number of anilines is 1. The highest BCUT2D eigenvalue weighted by Gasteiger charge is 2.21. The zero-order valence-electron chi connectivity index (χ0n) is 9.16. The van der Waals surface area contributed by atoms with Crippen molar-refractivity contribution >= 4 is 5.82 Å². The Bertz CT molecular complexity index is 565. The van der Waals surface area contributed by atoms with E-state index in [0.29, 0.717) is 29.3 Å². The lowest BCUT2D eigenvalue weighted by atomic mass is 9.98. The van der Waals surface area contributed by atoms with Crippen LogP contribution < -0.4 is 10.5 Å². The molecule has 0 saturated heterocycles. The fourth-order valence-corrected chi connectivity index (χ4v) is 2.15. The number of hydrogen-bond donors (Lipinski definition) is 2. The monoisotopic (exact) mass is 233 g/mol. The van der Waals surface area contributed by atoms with Crippen LogP contribution in [-0.4, -0.2) is 16.8 Å². The second-order valence-electron chi connectivity index (χ2n) is 4.06. The van der Waals surface area contributed by atoms with Gasteiger partial charge in [-0.25, -0.2) is 4.39 Å². The number of benzene rings is 1. The summed E-state index contributed by atoms with van der Waals surface area (Å²) in [6.45, 7) is 0.612. The summed E-state index contributed by atoms with van der Waals surface area (Å²) in [6.07, 6.45) is 3.38. The first-order valence-electron chi connectivity index (χ1n) is 5.51. The molecule has 0 unspecified atom stereocenters. The fourth-order valence-electron chi connectivity index (χ4n) is 2.15. The molecule has 17 heavy (non-hydrogen) atoms. The molecule has 4 nitrogen and oxygen atoms in total. The van der Waals surface area contributed by atoms with Crippen molar-refractivity contribution in [2.45, 2.75) is 12.8 Å². The number of halogens is 1. The number of fused-ring (bicyclic) bond motifs is 1. The lowest BCUT2D eigenvalue weighted by Crippen LogP contribution is -2.10. The average molecular weight is 233 g/mol. The third-order valence-corrected chi connectivity index (χ3v) is 2.96. The van der Waals surface area contributed by atoms with Crippen LogP contribution in [0.3, 0.4) is 0 Å². The van der Waals surface area contributed by atoms with Crippen molar-refractivity contribution in [1.82, 2.24) is 10.2 Å². The number of nitrogens with zero attached hydrogens (tertiary/aromatic N) is 1. The standard InChI is InChI=1S/C12H12FN3O/c13-9-4-3-7-2-1-5-17-11(7)10(9)8-6-15-16-12(8)14/h3-4,6H,1-2,5H2,(H3,14,15,16). The molecule has 0 spiro atoms. The molecule has 0 radical (unpaired) electrons. The molecule has 0 aliphatic carbocycles. The second-order valence-corrected chi connectivity index (χ2v) is 4.06. The molecule has 0 saturated carbocycles. The smallest absolute Gasteiger partial charge is 0.134 e. The van der Waals surface area contributed by atoms with Crippen molar-refractivity contribution in [2.75, 3.05) is 12.3 Å². The average Bonchev–Trinajstić information content (AvgIpc) is 2.75. The highest BCUT2D eigenvalue weighted by Crippen LogP contribution is 2.39. The number of aryl methyl sites for hydroxylation is 1. The maximum Gasteiger partial charge on any atom is 0.134 e. The molecule has 2 aromatic rings. The Balaban J connectivity index is 2.25. The zero-order valence-corrected chi connectivity index (χ0v) is 9.16. The van der Waals surface area contributed by atoms with Crippen LogP contribution in [0.15, 0.2) is 18.3 Å². The number of aromatic nitrogens is 2. The predicted octanol–water partition coefficient (Wildman–Crippen LogP) is 2.12. The number of nitrogens with one attached hydrogen (secondary N) is 1. The Morgan fingerprint density at radius 3 is 3.06 bits per heavy atom. The number of rotatable bonds is 1. The molecule has 1 aromatic heterocycles. The lowest BCUT2D eigenvalue weighted by Gasteiger charge is -2.20. The van der Waals surface area contributed by atoms with Gasteiger partial charge in [-0.1, -0.05) is 6.07 Å². The first-order valence-corrected chi connectivity index (χ1v) is 5.51. The van der Waals surface area contributed by atoms with E-state index in [2.05, 4.69) is 10.2 Å². The van der Waals surface area contributed by atoms with Gasteiger partial charge in [0.05, 0.1) is 23.9 Å². The zero-order chi connectivity index (χ0) is 11.8. The van der Waals surface area contributed by atoms with Crippen molar-refractivity contribution in [2.24, 2.45) is 0 Å². The number of H-pyrrole nitrogens is 1. The van der Waals surface area contributed by atoms with Gasteiger partial charge in [-0.15, -0.1) is 0 Å². The summed E-state index contributed by atoms with van der Waals surface area (Å²) in [7, 11) is 0. The fraction of sp³-hybridized carbons (Fsp3) is 0.250. The first kappa shape index (κ1) is 10.1. The van der Waals surface area contributed by atoms with Crippen molar-refractivity contribution in [1.29, 1.82) is 0 Å². The quantitative estimate of drug-likeness (QED) is 0.793. The molecular formula is C12H12FN3O. The van der Waals surface area contributed by atoms with Gasteiger partial charge < -0.3 is 10.5 Å². The summed E-state index contributed by atoms with van der Waals surface area (Å²) in [5.41, 5.74) is 7.72. The van der Waals surface area contributed by atoms with Gasteiger partial charge in [-0.2, -0.15) is 5.10 Å². The molecule has 88 valence electrons. The van der Waals surface area contributed by atoms with Crippen molar-refractivity contribution < 1.29 is 9.13 Å². The molecule has 5 heteroatoms. The van der Waals surface area contributed by atoms with Gasteiger partial charge in [-0.05, 0) is 24.5 Å². The van der Waals surface area contributed by atoms with E-state index in [0.717, 1.165) is 18.4 Å². The molecule has 1 aromatic carbocycles. The van der Waals surface area contributed by atoms with E-state index in [1.807, 2.05) is 0 Å². The molecular weight excluding hydrogens is 221 g/mol. The molecule has 0 fully saturated rings. The summed E-state index contributed by atoms with van der Waals surface area (Å²) in [6, 6.07) is 3.22. The summed E-state index contributed by atoms with van der Waals surface area (Å²) in [5.74, 6) is 0.620. The van der Waals surface area contributed by atoms with Crippen LogP contribution in [0.2, 0.25) is 0 Å². The first-order chi connectivity index (χ1) is 8.27. The third kappa shape index (κ3) is 1.54. The van der Waals surface area contributed by atoms with Gasteiger partial charge in [0.2, 0.25) is 0 Å². The maximum absolute atomic E-state index is 13.9. The second kappa shape index (κ2) is 3.76. The highest BCUT2D eigenvalue weighted by atomic mass is 19.1. The number of nitrogens with two attached hydrogens (primary N) is 1. The van der Waals surface area contributed by atoms with E-state index in [1.54, 1.807) is 6.07 Å². The Hall–Kier alpha value is -2.04. The van der Waals surface area contributed by atoms with E-state index in [4.69, 9.17) is 10.5 Å². The Kier molecular flexibility index (Phi) is 2.24. The van der Waals surface area contributed by atoms with Crippen LogP contribution in [0.25, 0.3) is 11.1 Å². The van der Waals surface area contributed by atoms with Gasteiger partial charge >= 0.3 is 0 Å². The van der Waals surface area contributed by atoms with Crippen LogP contribution in [0.4, 0.5) is 10.2 Å². The molecule has 3 N–H and O–H groups in total. The Labute approximate surface area is 97.6 Å². The van der Waals surface area contributed by atoms with Crippen molar-refractivity contribution in [3.63, 3.8) is 0 Å². The Morgan fingerprint density at radius 2 is 2.29 bits per heavy atom. The van der Waals surface area contributed by atoms with Crippen molar-refractivity contribution in [3.8, 4) is 16.9 Å². The minimum absolute atomic E-state index is 0.334. The summed E-state index contributed by atoms with van der Waals surface area (Å²) < 4.78 is 19.5. The van der Waals surface area contributed by atoms with Crippen LogP contribution in [0.1, 0.15) is 12.0 Å². The molecule has 2 heterocycles. The largest absolute Gasteiger partial charge is 0.493 e. The normalized spacial score (nSPS) is 14.2. The van der Waals surface area contributed by atoms with E-state index < -0.39 is 0 Å². The molecule has 3 rings (SSSR count).